The monoisotopic (exact) mass is 304 g/mol. The molecule has 0 aliphatic heterocycles. The minimum Gasteiger partial charge on any atom is -0.368 e. The van der Waals surface area contributed by atoms with Gasteiger partial charge in [-0.25, -0.2) is 0 Å². The van der Waals surface area contributed by atoms with Crippen molar-refractivity contribution in [2.75, 3.05) is 0 Å². The van der Waals surface area contributed by atoms with Gasteiger partial charge in [-0.3, -0.25) is 9.59 Å². The average molecular weight is 306 g/mol. The first-order chi connectivity index (χ1) is 7.43. The lowest BCUT2D eigenvalue weighted by molar-refractivity contribution is -0.119. The molecule has 1 aromatic rings. The molecule has 86 valence electrons. The topological polar surface area (TPSA) is 72.2 Å². The summed E-state index contributed by atoms with van der Waals surface area (Å²) in [5.74, 6) is -1.04. The van der Waals surface area contributed by atoms with Gasteiger partial charge in [-0.2, -0.15) is 0 Å². The van der Waals surface area contributed by atoms with E-state index in [-0.39, 0.29) is 5.56 Å². The summed E-state index contributed by atoms with van der Waals surface area (Å²) in [6, 6.07) is 4.25. The van der Waals surface area contributed by atoms with Crippen LogP contribution in [0.25, 0.3) is 0 Å². The molecule has 1 aromatic carbocycles. The van der Waals surface area contributed by atoms with Crippen molar-refractivity contribution in [1.29, 1.82) is 0 Å². The van der Waals surface area contributed by atoms with E-state index >= 15 is 0 Å². The predicted molar refractivity (Wildman–Crippen MR) is 65.3 cm³/mol. The van der Waals surface area contributed by atoms with Gasteiger partial charge < -0.3 is 11.1 Å². The molecule has 0 aliphatic rings. The summed E-state index contributed by atoms with van der Waals surface area (Å²) in [6.07, 6.45) is 0. The summed E-state index contributed by atoms with van der Waals surface area (Å²) in [5, 5.41) is 2.76. The predicted octanol–water partition coefficient (Wildman–Crippen LogP) is 1.71. The number of carbonyl (C=O) groups excluding carboxylic acids is 2. The summed E-state index contributed by atoms with van der Waals surface area (Å²) in [6.45, 7) is 1.50. The molecule has 0 radical (unpaired) electrons. The largest absolute Gasteiger partial charge is 0.368 e. The van der Waals surface area contributed by atoms with E-state index < -0.39 is 17.9 Å². The fourth-order valence-electron chi connectivity index (χ4n) is 1.05. The summed E-state index contributed by atoms with van der Waals surface area (Å²) in [4.78, 5) is 22.6. The summed E-state index contributed by atoms with van der Waals surface area (Å²) in [7, 11) is 0. The van der Waals surface area contributed by atoms with Crippen LogP contribution >= 0.6 is 27.5 Å². The van der Waals surface area contributed by atoms with E-state index in [0.717, 1.165) is 0 Å². The maximum Gasteiger partial charge on any atom is 0.254 e. The summed E-state index contributed by atoms with van der Waals surface area (Å²) in [5.41, 5.74) is 5.33. The highest BCUT2D eigenvalue weighted by Gasteiger charge is 2.18. The third-order valence-corrected chi connectivity index (χ3v) is 2.94. The summed E-state index contributed by atoms with van der Waals surface area (Å²) < 4.78 is 0.564. The summed E-state index contributed by atoms with van der Waals surface area (Å²) >= 11 is 9.09. The molecule has 3 N–H and O–H groups in total. The van der Waals surface area contributed by atoms with Gasteiger partial charge in [0.15, 0.2) is 0 Å². The van der Waals surface area contributed by atoms with Crippen LogP contribution in [0.3, 0.4) is 0 Å². The Bertz CT molecular complexity index is 417. The van der Waals surface area contributed by atoms with Crippen LogP contribution in [-0.2, 0) is 4.79 Å². The molecule has 2 amide bonds. The number of nitrogens with two attached hydrogens (primary N) is 1. The second kappa shape index (κ2) is 5.32. The molecule has 0 fully saturated rings. The van der Waals surface area contributed by atoms with Crippen LogP contribution in [0.1, 0.15) is 17.3 Å². The zero-order valence-electron chi connectivity index (χ0n) is 8.46. The third-order valence-electron chi connectivity index (χ3n) is 1.96. The Morgan fingerprint density at radius 2 is 2.12 bits per heavy atom. The molecule has 0 aromatic heterocycles. The Labute approximate surface area is 106 Å². The fraction of sp³-hybridized carbons (Fsp3) is 0.200. The van der Waals surface area contributed by atoms with Crippen molar-refractivity contribution in [3.63, 3.8) is 0 Å². The Balaban J connectivity index is 2.93. The molecule has 0 saturated carbocycles. The number of rotatable bonds is 3. The SMILES string of the molecule is C[C@H](NC(=O)c1c(Cl)cccc1Br)C(N)=O. The van der Waals surface area contributed by atoms with Crippen LogP contribution in [0.15, 0.2) is 22.7 Å². The van der Waals surface area contributed by atoms with Gasteiger partial charge in [0, 0.05) is 4.47 Å². The molecule has 0 bridgehead atoms. The lowest BCUT2D eigenvalue weighted by Gasteiger charge is -2.12. The average Bonchev–Trinajstić information content (AvgIpc) is 2.16. The number of benzene rings is 1. The molecule has 6 heteroatoms. The Hall–Kier alpha value is -1.07. The normalized spacial score (nSPS) is 11.9. The molecule has 4 nitrogen and oxygen atoms in total. The molecule has 16 heavy (non-hydrogen) atoms. The van der Waals surface area contributed by atoms with Gasteiger partial charge in [0.1, 0.15) is 6.04 Å². The van der Waals surface area contributed by atoms with Gasteiger partial charge in [0.25, 0.3) is 5.91 Å². The van der Waals surface area contributed by atoms with Crippen molar-refractivity contribution in [3.05, 3.63) is 33.3 Å². The highest BCUT2D eigenvalue weighted by molar-refractivity contribution is 9.10. The molecule has 1 atom stereocenters. The zero-order valence-corrected chi connectivity index (χ0v) is 10.8. The van der Waals surface area contributed by atoms with E-state index in [4.69, 9.17) is 17.3 Å². The third kappa shape index (κ3) is 2.96. The van der Waals surface area contributed by atoms with Gasteiger partial charge in [-0.15, -0.1) is 0 Å². The van der Waals surface area contributed by atoms with Gasteiger partial charge in [0.05, 0.1) is 10.6 Å². The highest BCUT2D eigenvalue weighted by atomic mass is 79.9. The first-order valence-corrected chi connectivity index (χ1v) is 5.64. The minimum absolute atomic E-state index is 0.289. The second-order valence-electron chi connectivity index (χ2n) is 3.19. The van der Waals surface area contributed by atoms with Crippen molar-refractivity contribution >= 4 is 39.3 Å². The Morgan fingerprint density at radius 1 is 1.50 bits per heavy atom. The molecule has 1 rings (SSSR count). The molecule has 0 saturated heterocycles. The van der Waals surface area contributed by atoms with Crippen molar-refractivity contribution in [2.24, 2.45) is 5.73 Å². The molecule has 0 unspecified atom stereocenters. The quantitative estimate of drug-likeness (QED) is 0.892. The van der Waals surface area contributed by atoms with Crippen LogP contribution in [0.4, 0.5) is 0 Å². The van der Waals surface area contributed by atoms with Crippen molar-refractivity contribution in [3.8, 4) is 0 Å². The molecular weight excluding hydrogens is 295 g/mol. The molecule has 0 heterocycles. The second-order valence-corrected chi connectivity index (χ2v) is 4.46. The van der Waals surface area contributed by atoms with Crippen LogP contribution in [0, 0.1) is 0 Å². The fourth-order valence-corrected chi connectivity index (χ4v) is 1.98. The molecule has 0 spiro atoms. The number of carbonyl (C=O) groups is 2. The lowest BCUT2D eigenvalue weighted by atomic mass is 10.2. The zero-order chi connectivity index (χ0) is 12.3. The number of hydrogen-bond donors (Lipinski definition) is 2. The maximum absolute atomic E-state index is 11.8. The van der Waals surface area contributed by atoms with Gasteiger partial charge >= 0.3 is 0 Å². The smallest absolute Gasteiger partial charge is 0.254 e. The Kier molecular flexibility index (Phi) is 4.32. The maximum atomic E-state index is 11.8. The first kappa shape index (κ1) is 13.0. The minimum atomic E-state index is -0.740. The van der Waals surface area contributed by atoms with Crippen LogP contribution in [0.5, 0.6) is 0 Å². The van der Waals surface area contributed by atoms with Crippen LogP contribution < -0.4 is 11.1 Å². The first-order valence-electron chi connectivity index (χ1n) is 4.47. The number of hydrogen-bond acceptors (Lipinski definition) is 2. The number of nitrogens with one attached hydrogen (secondary N) is 1. The van der Waals surface area contributed by atoms with Crippen molar-refractivity contribution in [1.82, 2.24) is 5.32 Å². The van der Waals surface area contributed by atoms with E-state index in [0.29, 0.717) is 9.50 Å². The highest BCUT2D eigenvalue weighted by Crippen LogP contribution is 2.24. The van der Waals surface area contributed by atoms with Crippen LogP contribution in [-0.4, -0.2) is 17.9 Å². The van der Waals surface area contributed by atoms with Crippen molar-refractivity contribution in [2.45, 2.75) is 13.0 Å². The molecular formula is C10H10BrClN2O2. The number of primary amides is 1. The lowest BCUT2D eigenvalue weighted by Crippen LogP contribution is -2.42. The van der Waals surface area contributed by atoms with Gasteiger partial charge in [-0.05, 0) is 35.0 Å². The van der Waals surface area contributed by atoms with Crippen molar-refractivity contribution < 1.29 is 9.59 Å². The van der Waals surface area contributed by atoms with Gasteiger partial charge in [0.2, 0.25) is 5.91 Å². The number of amides is 2. The van der Waals surface area contributed by atoms with E-state index in [1.165, 1.54) is 6.92 Å². The standard InChI is InChI=1S/C10H10BrClN2O2/c1-5(9(13)15)14-10(16)8-6(11)3-2-4-7(8)12/h2-5H,1H3,(H2,13,15)(H,14,16)/t5-/m0/s1. The van der Waals surface area contributed by atoms with Gasteiger partial charge in [-0.1, -0.05) is 17.7 Å². The van der Waals surface area contributed by atoms with E-state index in [2.05, 4.69) is 21.2 Å². The Morgan fingerprint density at radius 3 is 2.62 bits per heavy atom. The van der Waals surface area contributed by atoms with Crippen LogP contribution in [0.2, 0.25) is 5.02 Å². The molecule has 0 aliphatic carbocycles. The number of halogens is 2. The van der Waals surface area contributed by atoms with E-state index in [1.807, 2.05) is 0 Å². The van der Waals surface area contributed by atoms with E-state index in [1.54, 1.807) is 18.2 Å². The van der Waals surface area contributed by atoms with E-state index in [9.17, 15) is 9.59 Å².